The van der Waals surface area contributed by atoms with E-state index in [0.29, 0.717) is 5.57 Å². The van der Waals surface area contributed by atoms with Gasteiger partial charge in [-0.25, -0.2) is 0 Å². The standard InChI is InChI=1S/C14H20O4/c1-6-10(4)11(5)9-12(13(15)17-7-2)14(16)18-8-3/h1,12H,7-9H2,2-5H3. The fourth-order valence-electron chi connectivity index (χ4n) is 1.33. The van der Waals surface area contributed by atoms with Crippen LogP contribution in [-0.2, 0) is 19.1 Å². The van der Waals surface area contributed by atoms with Crippen LogP contribution in [0.5, 0.6) is 0 Å². The number of terminal acetylenes is 1. The van der Waals surface area contributed by atoms with Crippen LogP contribution in [0.25, 0.3) is 0 Å². The molecule has 0 heterocycles. The van der Waals surface area contributed by atoms with Crippen LogP contribution in [0.4, 0.5) is 0 Å². The second-order valence-corrected chi connectivity index (χ2v) is 3.81. The van der Waals surface area contributed by atoms with Crippen molar-refractivity contribution in [2.45, 2.75) is 34.1 Å². The van der Waals surface area contributed by atoms with Crippen LogP contribution in [0.1, 0.15) is 34.1 Å². The summed E-state index contributed by atoms with van der Waals surface area (Å²) in [5, 5.41) is 0. The highest BCUT2D eigenvalue weighted by Gasteiger charge is 2.29. The maximum Gasteiger partial charge on any atom is 0.320 e. The third kappa shape index (κ3) is 5.05. The van der Waals surface area contributed by atoms with Crippen LogP contribution >= 0.6 is 0 Å². The molecule has 0 aromatic rings. The van der Waals surface area contributed by atoms with Crippen LogP contribution < -0.4 is 0 Å². The number of hydrogen-bond acceptors (Lipinski definition) is 4. The molecule has 0 saturated carbocycles. The highest BCUT2D eigenvalue weighted by Crippen LogP contribution is 2.18. The van der Waals surface area contributed by atoms with Gasteiger partial charge in [0, 0.05) is 0 Å². The number of esters is 2. The van der Waals surface area contributed by atoms with Crippen molar-refractivity contribution >= 4 is 11.9 Å². The average Bonchev–Trinajstić information content (AvgIpc) is 2.34. The van der Waals surface area contributed by atoms with Crippen LogP contribution in [0, 0.1) is 18.3 Å². The monoisotopic (exact) mass is 252 g/mol. The third-order valence-electron chi connectivity index (χ3n) is 2.51. The molecule has 0 unspecified atom stereocenters. The van der Waals surface area contributed by atoms with Crippen molar-refractivity contribution in [1.29, 1.82) is 0 Å². The molecule has 0 aliphatic heterocycles. The molecule has 0 fully saturated rings. The maximum absolute atomic E-state index is 11.7. The Hall–Kier alpha value is -1.76. The minimum atomic E-state index is -0.937. The fraction of sp³-hybridized carbons (Fsp3) is 0.571. The summed E-state index contributed by atoms with van der Waals surface area (Å²) in [5.41, 5.74) is 1.53. The van der Waals surface area contributed by atoms with E-state index in [1.54, 1.807) is 27.7 Å². The SMILES string of the molecule is C#CC(C)=C(C)CC(C(=O)OCC)C(=O)OCC. The first-order chi connectivity index (χ1) is 8.47. The molecule has 0 aliphatic carbocycles. The summed E-state index contributed by atoms with van der Waals surface area (Å²) in [7, 11) is 0. The van der Waals surface area contributed by atoms with Gasteiger partial charge in [0.15, 0.2) is 5.92 Å². The largest absolute Gasteiger partial charge is 0.465 e. The molecule has 0 N–H and O–H groups in total. The van der Waals surface area contributed by atoms with E-state index in [2.05, 4.69) is 5.92 Å². The van der Waals surface area contributed by atoms with E-state index >= 15 is 0 Å². The minimum absolute atomic E-state index is 0.228. The Morgan fingerprint density at radius 2 is 1.56 bits per heavy atom. The Morgan fingerprint density at radius 3 is 1.89 bits per heavy atom. The van der Waals surface area contributed by atoms with Gasteiger partial charge in [-0.05, 0) is 39.7 Å². The molecular formula is C14H20O4. The van der Waals surface area contributed by atoms with Gasteiger partial charge in [-0.1, -0.05) is 11.5 Å². The summed E-state index contributed by atoms with van der Waals surface area (Å²) in [5.74, 6) is 0.412. The molecule has 0 atom stereocenters. The summed E-state index contributed by atoms with van der Waals surface area (Å²) < 4.78 is 9.74. The average molecular weight is 252 g/mol. The Bertz CT molecular complexity index is 356. The highest BCUT2D eigenvalue weighted by atomic mass is 16.6. The summed E-state index contributed by atoms with van der Waals surface area (Å²) >= 11 is 0. The molecule has 0 bridgehead atoms. The maximum atomic E-state index is 11.7. The molecule has 18 heavy (non-hydrogen) atoms. The van der Waals surface area contributed by atoms with E-state index < -0.39 is 17.9 Å². The number of carbonyl (C=O) groups is 2. The van der Waals surface area contributed by atoms with Gasteiger partial charge in [-0.3, -0.25) is 9.59 Å². The van der Waals surface area contributed by atoms with E-state index in [1.165, 1.54) is 0 Å². The predicted molar refractivity (Wildman–Crippen MR) is 68.6 cm³/mol. The second kappa shape index (κ2) is 8.35. The highest BCUT2D eigenvalue weighted by molar-refractivity contribution is 5.95. The van der Waals surface area contributed by atoms with Crippen molar-refractivity contribution in [2.24, 2.45) is 5.92 Å². The summed E-state index contributed by atoms with van der Waals surface area (Å²) in [6.45, 7) is 7.39. The molecule has 0 amide bonds. The number of ether oxygens (including phenoxy) is 2. The Labute approximate surface area is 108 Å². The Morgan fingerprint density at radius 1 is 1.11 bits per heavy atom. The first kappa shape index (κ1) is 16.2. The first-order valence-electron chi connectivity index (χ1n) is 5.94. The first-order valence-corrected chi connectivity index (χ1v) is 5.94. The van der Waals surface area contributed by atoms with Crippen molar-refractivity contribution in [3.05, 3.63) is 11.1 Å². The summed E-state index contributed by atoms with van der Waals surface area (Å²) in [6, 6.07) is 0. The van der Waals surface area contributed by atoms with Gasteiger partial charge in [-0.2, -0.15) is 0 Å². The predicted octanol–water partition coefficient (Wildman–Crippen LogP) is 2.09. The number of hydrogen-bond donors (Lipinski definition) is 0. The molecule has 0 radical (unpaired) electrons. The van der Waals surface area contributed by atoms with Crippen molar-refractivity contribution in [3.8, 4) is 12.3 Å². The molecule has 0 aliphatic rings. The van der Waals surface area contributed by atoms with E-state index in [0.717, 1.165) is 5.57 Å². The van der Waals surface area contributed by atoms with E-state index in [-0.39, 0.29) is 19.6 Å². The number of allylic oxidation sites excluding steroid dienone is 2. The lowest BCUT2D eigenvalue weighted by molar-refractivity contribution is -0.161. The van der Waals surface area contributed by atoms with Crippen LogP contribution in [-0.4, -0.2) is 25.2 Å². The number of rotatable bonds is 6. The lowest BCUT2D eigenvalue weighted by Crippen LogP contribution is -2.28. The third-order valence-corrected chi connectivity index (χ3v) is 2.51. The molecule has 4 nitrogen and oxygen atoms in total. The zero-order valence-corrected chi connectivity index (χ0v) is 11.4. The zero-order valence-electron chi connectivity index (χ0n) is 11.4. The van der Waals surface area contributed by atoms with Crippen molar-refractivity contribution in [1.82, 2.24) is 0 Å². The molecule has 100 valence electrons. The quantitative estimate of drug-likeness (QED) is 0.412. The lowest BCUT2D eigenvalue weighted by Gasteiger charge is -2.15. The van der Waals surface area contributed by atoms with E-state index in [4.69, 9.17) is 15.9 Å². The van der Waals surface area contributed by atoms with Gasteiger partial charge >= 0.3 is 11.9 Å². The minimum Gasteiger partial charge on any atom is -0.465 e. The fourth-order valence-corrected chi connectivity index (χ4v) is 1.33. The topological polar surface area (TPSA) is 52.6 Å². The van der Waals surface area contributed by atoms with Gasteiger partial charge < -0.3 is 9.47 Å². The second-order valence-electron chi connectivity index (χ2n) is 3.81. The summed E-state index contributed by atoms with van der Waals surface area (Å²) in [6.07, 6.45) is 5.51. The van der Waals surface area contributed by atoms with Crippen LogP contribution in [0.3, 0.4) is 0 Å². The Balaban J connectivity index is 4.95. The smallest absolute Gasteiger partial charge is 0.320 e. The van der Waals surface area contributed by atoms with Crippen molar-refractivity contribution < 1.29 is 19.1 Å². The summed E-state index contributed by atoms with van der Waals surface area (Å²) in [4.78, 5) is 23.4. The van der Waals surface area contributed by atoms with Gasteiger partial charge in [0.1, 0.15) is 0 Å². The van der Waals surface area contributed by atoms with Crippen LogP contribution in [0.2, 0.25) is 0 Å². The van der Waals surface area contributed by atoms with Gasteiger partial charge in [0.2, 0.25) is 0 Å². The molecule has 0 rings (SSSR count). The van der Waals surface area contributed by atoms with Gasteiger partial charge in [0.25, 0.3) is 0 Å². The van der Waals surface area contributed by atoms with Gasteiger partial charge in [0.05, 0.1) is 13.2 Å². The molecular weight excluding hydrogens is 232 g/mol. The lowest BCUT2D eigenvalue weighted by atomic mass is 9.97. The van der Waals surface area contributed by atoms with Crippen LogP contribution in [0.15, 0.2) is 11.1 Å². The molecule has 0 saturated heterocycles. The molecule has 0 aromatic carbocycles. The molecule has 4 heteroatoms. The molecule has 0 aromatic heterocycles. The number of carbonyl (C=O) groups excluding carboxylic acids is 2. The Kier molecular flexibility index (Phi) is 7.53. The van der Waals surface area contributed by atoms with E-state index in [9.17, 15) is 9.59 Å². The van der Waals surface area contributed by atoms with Crippen molar-refractivity contribution in [2.75, 3.05) is 13.2 Å². The normalized spacial score (nSPS) is 11.6. The van der Waals surface area contributed by atoms with E-state index in [1.807, 2.05) is 0 Å². The zero-order chi connectivity index (χ0) is 14.1. The van der Waals surface area contributed by atoms with Crippen molar-refractivity contribution in [3.63, 3.8) is 0 Å². The molecule has 0 spiro atoms. The van der Waals surface area contributed by atoms with Gasteiger partial charge in [-0.15, -0.1) is 6.42 Å².